The van der Waals surface area contributed by atoms with E-state index < -0.39 is 0 Å². The molecule has 2 aromatic rings. The van der Waals surface area contributed by atoms with Crippen LogP contribution in [0.4, 0.5) is 0 Å². The van der Waals surface area contributed by atoms with Gasteiger partial charge in [-0.15, -0.1) is 0 Å². The second kappa shape index (κ2) is 1.70. The summed E-state index contributed by atoms with van der Waals surface area (Å²) in [4.78, 5) is 10.5. The summed E-state index contributed by atoms with van der Waals surface area (Å²) >= 11 is 0. The van der Waals surface area contributed by atoms with E-state index in [9.17, 15) is 0 Å². The highest BCUT2D eigenvalue weighted by atomic mass is 16.3. The molecule has 0 unspecified atom stereocenters. The Kier molecular flexibility index (Phi) is 0.887. The summed E-state index contributed by atoms with van der Waals surface area (Å²) in [6.45, 7) is 0. The Morgan fingerprint density at radius 2 is 2.10 bits per heavy atom. The molecule has 2 aromatic heterocycles. The first-order chi connectivity index (χ1) is 4.86. The van der Waals surface area contributed by atoms with Gasteiger partial charge in [-0.25, -0.2) is 4.98 Å². The average Bonchev–Trinajstić information content (AvgIpc) is 2.27. The minimum absolute atomic E-state index is 0.0983. The highest BCUT2D eigenvalue weighted by Gasteiger charge is 1.97. The Hall–Kier alpha value is -1.58. The van der Waals surface area contributed by atoms with Crippen molar-refractivity contribution in [3.63, 3.8) is 0 Å². The van der Waals surface area contributed by atoms with E-state index in [4.69, 9.17) is 5.11 Å². The number of aromatic amines is 1. The van der Waals surface area contributed by atoms with E-state index in [1.54, 1.807) is 12.4 Å². The predicted molar refractivity (Wildman–Crippen MR) is 35.6 cm³/mol. The maximum Gasteiger partial charge on any atom is 0.192 e. The second-order valence-electron chi connectivity index (χ2n) is 1.94. The van der Waals surface area contributed by atoms with Gasteiger partial charge in [-0.1, -0.05) is 0 Å². The van der Waals surface area contributed by atoms with Crippen LogP contribution in [0, 0.1) is 0 Å². The molecule has 50 valence electrons. The molecule has 0 aromatic carbocycles. The summed E-state index contributed by atoms with van der Waals surface area (Å²) in [7, 11) is 0. The van der Waals surface area contributed by atoms with Crippen LogP contribution in [-0.4, -0.2) is 20.1 Å². The lowest BCUT2D eigenvalue weighted by molar-refractivity contribution is 0.458. The van der Waals surface area contributed by atoms with E-state index >= 15 is 0 Å². The smallest absolute Gasteiger partial charge is 0.192 e. The SMILES string of the molecule is Oc1cc2nccnc2[nH]1. The van der Waals surface area contributed by atoms with Crippen molar-refractivity contribution in [2.45, 2.75) is 0 Å². The highest BCUT2D eigenvalue weighted by Crippen LogP contribution is 2.13. The van der Waals surface area contributed by atoms with Gasteiger partial charge >= 0.3 is 0 Å². The summed E-state index contributed by atoms with van der Waals surface area (Å²) in [5.41, 5.74) is 1.29. The number of aromatic nitrogens is 3. The van der Waals surface area contributed by atoms with Gasteiger partial charge in [0.1, 0.15) is 5.52 Å². The van der Waals surface area contributed by atoms with E-state index in [0.717, 1.165) is 0 Å². The fourth-order valence-corrected chi connectivity index (χ4v) is 0.838. The first-order valence-electron chi connectivity index (χ1n) is 2.85. The van der Waals surface area contributed by atoms with Crippen molar-refractivity contribution in [2.24, 2.45) is 0 Å². The summed E-state index contributed by atoms with van der Waals surface area (Å²) in [6.07, 6.45) is 3.15. The number of hydrogen-bond donors (Lipinski definition) is 2. The van der Waals surface area contributed by atoms with Gasteiger partial charge in [-0.2, -0.15) is 0 Å². The highest BCUT2D eigenvalue weighted by molar-refractivity contribution is 5.72. The first kappa shape index (κ1) is 5.22. The molecule has 0 saturated heterocycles. The summed E-state index contributed by atoms with van der Waals surface area (Å²) < 4.78 is 0. The van der Waals surface area contributed by atoms with Crippen molar-refractivity contribution in [3.8, 4) is 5.88 Å². The third-order valence-electron chi connectivity index (χ3n) is 1.25. The fourth-order valence-electron chi connectivity index (χ4n) is 0.838. The molecule has 10 heavy (non-hydrogen) atoms. The zero-order valence-electron chi connectivity index (χ0n) is 5.07. The van der Waals surface area contributed by atoms with Crippen molar-refractivity contribution in [2.75, 3.05) is 0 Å². The number of nitrogens with zero attached hydrogens (tertiary/aromatic N) is 2. The van der Waals surface area contributed by atoms with Gasteiger partial charge in [-0.05, 0) is 0 Å². The molecule has 0 aliphatic rings. The van der Waals surface area contributed by atoms with Crippen molar-refractivity contribution >= 4 is 11.2 Å². The van der Waals surface area contributed by atoms with Crippen LogP contribution >= 0.6 is 0 Å². The molecule has 0 bridgehead atoms. The zero-order chi connectivity index (χ0) is 6.97. The lowest BCUT2D eigenvalue weighted by Crippen LogP contribution is -1.75. The molecule has 4 heteroatoms. The topological polar surface area (TPSA) is 61.8 Å². The number of hydrogen-bond acceptors (Lipinski definition) is 3. The standard InChI is InChI=1S/C6H5N3O/c10-5-3-4-6(9-5)8-2-1-7-4/h1-3,10H,(H,8,9). The molecule has 2 rings (SSSR count). The van der Waals surface area contributed by atoms with Gasteiger partial charge in [0.05, 0.1) is 0 Å². The van der Waals surface area contributed by atoms with Crippen LogP contribution in [0.2, 0.25) is 0 Å². The lowest BCUT2D eigenvalue weighted by Gasteiger charge is -1.81. The van der Waals surface area contributed by atoms with E-state index in [1.165, 1.54) is 6.07 Å². The molecule has 0 amide bonds. The van der Waals surface area contributed by atoms with Crippen molar-refractivity contribution < 1.29 is 5.11 Å². The molecule has 0 saturated carbocycles. The van der Waals surface area contributed by atoms with Crippen molar-refractivity contribution in [1.82, 2.24) is 15.0 Å². The predicted octanol–water partition coefficient (Wildman–Crippen LogP) is 0.663. The van der Waals surface area contributed by atoms with Gasteiger partial charge in [0.15, 0.2) is 11.5 Å². The number of H-pyrrole nitrogens is 1. The van der Waals surface area contributed by atoms with Crippen LogP contribution in [0.25, 0.3) is 11.2 Å². The van der Waals surface area contributed by atoms with E-state index in [0.29, 0.717) is 11.2 Å². The van der Waals surface area contributed by atoms with Crippen LogP contribution in [0.3, 0.4) is 0 Å². The molecule has 0 aliphatic carbocycles. The lowest BCUT2D eigenvalue weighted by atomic mass is 10.5. The van der Waals surface area contributed by atoms with Crippen LogP contribution in [0.15, 0.2) is 18.5 Å². The van der Waals surface area contributed by atoms with E-state index in [1.807, 2.05) is 0 Å². The number of fused-ring (bicyclic) bond motifs is 1. The Bertz CT molecular complexity index is 322. The molecule has 4 nitrogen and oxygen atoms in total. The van der Waals surface area contributed by atoms with Crippen LogP contribution in [0.5, 0.6) is 5.88 Å². The van der Waals surface area contributed by atoms with E-state index in [2.05, 4.69) is 15.0 Å². The Labute approximate surface area is 56.6 Å². The summed E-state index contributed by atoms with van der Waals surface area (Å²) in [5.74, 6) is 0.0983. The molecular formula is C6H5N3O. The molecule has 0 radical (unpaired) electrons. The van der Waals surface area contributed by atoms with Crippen LogP contribution in [-0.2, 0) is 0 Å². The Morgan fingerprint density at radius 1 is 1.30 bits per heavy atom. The molecule has 2 heterocycles. The molecule has 0 spiro atoms. The van der Waals surface area contributed by atoms with Gasteiger partial charge in [0.2, 0.25) is 0 Å². The van der Waals surface area contributed by atoms with Crippen molar-refractivity contribution in [1.29, 1.82) is 0 Å². The van der Waals surface area contributed by atoms with Gasteiger partial charge in [-0.3, -0.25) is 4.98 Å². The van der Waals surface area contributed by atoms with Crippen molar-refractivity contribution in [3.05, 3.63) is 18.5 Å². The monoisotopic (exact) mass is 135 g/mol. The third kappa shape index (κ3) is 0.621. The number of rotatable bonds is 0. The fraction of sp³-hybridized carbons (Fsp3) is 0. The maximum atomic E-state index is 8.92. The normalized spacial score (nSPS) is 10.4. The minimum atomic E-state index is 0.0983. The second-order valence-corrected chi connectivity index (χ2v) is 1.94. The number of nitrogens with one attached hydrogen (secondary N) is 1. The molecule has 2 N–H and O–H groups in total. The van der Waals surface area contributed by atoms with Gasteiger partial charge in [0, 0.05) is 18.5 Å². The number of aromatic hydroxyl groups is 1. The third-order valence-corrected chi connectivity index (χ3v) is 1.25. The summed E-state index contributed by atoms with van der Waals surface area (Å²) in [5, 5.41) is 8.92. The molecule has 0 fully saturated rings. The molecular weight excluding hydrogens is 130 g/mol. The molecule has 0 atom stereocenters. The Morgan fingerprint density at radius 3 is 2.90 bits per heavy atom. The first-order valence-corrected chi connectivity index (χ1v) is 2.85. The zero-order valence-corrected chi connectivity index (χ0v) is 5.07. The van der Waals surface area contributed by atoms with Crippen LogP contribution in [0.1, 0.15) is 0 Å². The largest absolute Gasteiger partial charge is 0.494 e. The van der Waals surface area contributed by atoms with E-state index in [-0.39, 0.29) is 5.88 Å². The Balaban J connectivity index is 2.88. The van der Waals surface area contributed by atoms with Gasteiger partial charge in [0.25, 0.3) is 0 Å². The average molecular weight is 135 g/mol. The maximum absolute atomic E-state index is 8.92. The quantitative estimate of drug-likeness (QED) is 0.557. The van der Waals surface area contributed by atoms with Crippen LogP contribution < -0.4 is 0 Å². The minimum Gasteiger partial charge on any atom is -0.494 e. The molecule has 0 aliphatic heterocycles. The summed E-state index contributed by atoms with van der Waals surface area (Å²) in [6, 6.07) is 1.53. The van der Waals surface area contributed by atoms with Gasteiger partial charge < -0.3 is 10.1 Å².